The molecule has 1 N–H and O–H groups in total. The van der Waals surface area contributed by atoms with Crippen molar-refractivity contribution in [2.24, 2.45) is 0 Å². The molecule has 0 aromatic heterocycles. The number of halogens is 1. The summed E-state index contributed by atoms with van der Waals surface area (Å²) in [6.45, 7) is 4.06. The van der Waals surface area contributed by atoms with E-state index in [2.05, 4.69) is 0 Å². The minimum Gasteiger partial charge on any atom is -0.392 e. The zero-order chi connectivity index (χ0) is 14.9. The normalized spacial score (nSPS) is 20.5. The topological polar surface area (TPSA) is 57.6 Å². The summed E-state index contributed by atoms with van der Waals surface area (Å²) in [5, 5.41) is 9.67. The maximum atomic E-state index is 12.8. The second-order valence-corrected chi connectivity index (χ2v) is 7.46. The van der Waals surface area contributed by atoms with Gasteiger partial charge in [0.05, 0.1) is 11.5 Å². The molecule has 1 aromatic rings. The summed E-state index contributed by atoms with van der Waals surface area (Å²) in [5.74, 6) is 0. The monoisotopic (exact) mass is 317 g/mol. The van der Waals surface area contributed by atoms with Crippen LogP contribution >= 0.6 is 11.6 Å². The number of aliphatic hydroxyl groups excluding tert-OH is 1. The molecule has 1 atom stereocenters. The lowest BCUT2D eigenvalue weighted by Gasteiger charge is -2.24. The molecular weight excluding hydrogens is 298 g/mol. The van der Waals surface area contributed by atoms with Gasteiger partial charge in [-0.1, -0.05) is 18.5 Å². The van der Waals surface area contributed by atoms with Gasteiger partial charge in [0, 0.05) is 17.6 Å². The molecule has 4 nitrogen and oxygen atoms in total. The first-order valence-electron chi connectivity index (χ1n) is 6.83. The lowest BCUT2D eigenvalue weighted by atomic mass is 10.1. The minimum atomic E-state index is -3.55. The summed E-state index contributed by atoms with van der Waals surface area (Å²) in [5.41, 5.74) is 1.14. The average molecular weight is 318 g/mol. The molecule has 0 spiro atoms. The van der Waals surface area contributed by atoms with Crippen molar-refractivity contribution in [2.75, 3.05) is 6.54 Å². The summed E-state index contributed by atoms with van der Waals surface area (Å²) in [4.78, 5) is 0.217. The van der Waals surface area contributed by atoms with Gasteiger partial charge in [-0.25, -0.2) is 8.42 Å². The van der Waals surface area contributed by atoms with Crippen molar-refractivity contribution in [1.82, 2.24) is 4.31 Å². The SMILES string of the molecule is CCC1CCCN1S(=O)(=O)c1cc(Cl)cc(CO)c1C. The summed E-state index contributed by atoms with van der Waals surface area (Å²) >= 11 is 5.99. The molecule has 20 heavy (non-hydrogen) atoms. The molecule has 0 saturated carbocycles. The van der Waals surface area contributed by atoms with Crippen LogP contribution in [-0.2, 0) is 16.6 Å². The fraction of sp³-hybridized carbons (Fsp3) is 0.571. The molecule has 1 fully saturated rings. The Hall–Kier alpha value is -0.620. The van der Waals surface area contributed by atoms with Crippen LogP contribution in [0.1, 0.15) is 37.3 Å². The number of benzene rings is 1. The van der Waals surface area contributed by atoms with E-state index < -0.39 is 10.0 Å². The van der Waals surface area contributed by atoms with Gasteiger partial charge >= 0.3 is 0 Å². The van der Waals surface area contributed by atoms with E-state index in [1.54, 1.807) is 17.3 Å². The van der Waals surface area contributed by atoms with Crippen LogP contribution in [0, 0.1) is 6.92 Å². The highest BCUT2D eigenvalue weighted by Gasteiger charge is 2.35. The summed E-state index contributed by atoms with van der Waals surface area (Å²) in [7, 11) is -3.55. The molecule has 1 aliphatic heterocycles. The van der Waals surface area contributed by atoms with E-state index in [-0.39, 0.29) is 17.5 Å². The molecule has 0 aliphatic carbocycles. The number of aliphatic hydroxyl groups is 1. The number of nitrogens with zero attached hydrogens (tertiary/aromatic N) is 1. The molecule has 1 heterocycles. The van der Waals surface area contributed by atoms with Crippen LogP contribution in [0.4, 0.5) is 0 Å². The third-order valence-electron chi connectivity index (χ3n) is 3.98. The molecule has 0 bridgehead atoms. The molecule has 6 heteroatoms. The standard InChI is InChI=1S/C14H20ClNO3S/c1-3-13-5-4-6-16(13)20(18,19)14-8-12(15)7-11(9-17)10(14)2/h7-8,13,17H,3-6,9H2,1-2H3. The molecule has 1 aromatic carbocycles. The summed E-state index contributed by atoms with van der Waals surface area (Å²) in [6, 6.07) is 3.16. The summed E-state index contributed by atoms with van der Waals surface area (Å²) < 4.78 is 27.2. The highest BCUT2D eigenvalue weighted by Crippen LogP contribution is 2.32. The Balaban J connectivity index is 2.52. The Kier molecular flexibility index (Phi) is 4.74. The molecule has 1 unspecified atom stereocenters. The van der Waals surface area contributed by atoms with Crippen molar-refractivity contribution in [2.45, 2.75) is 50.7 Å². The highest BCUT2D eigenvalue weighted by molar-refractivity contribution is 7.89. The maximum absolute atomic E-state index is 12.8. The number of rotatable bonds is 4. The van der Waals surface area contributed by atoms with Gasteiger partial charge < -0.3 is 5.11 Å². The molecule has 0 amide bonds. The lowest BCUT2D eigenvalue weighted by molar-refractivity contribution is 0.280. The highest BCUT2D eigenvalue weighted by atomic mass is 35.5. The Morgan fingerprint density at radius 1 is 1.45 bits per heavy atom. The molecule has 1 saturated heterocycles. The quantitative estimate of drug-likeness (QED) is 0.929. The van der Waals surface area contributed by atoms with Crippen LogP contribution in [-0.4, -0.2) is 30.4 Å². The van der Waals surface area contributed by atoms with E-state index >= 15 is 0 Å². The smallest absolute Gasteiger partial charge is 0.243 e. The van der Waals surface area contributed by atoms with Crippen LogP contribution in [0.15, 0.2) is 17.0 Å². The van der Waals surface area contributed by atoms with Gasteiger partial charge in [-0.05, 0) is 49.4 Å². The zero-order valence-corrected chi connectivity index (χ0v) is 13.3. The van der Waals surface area contributed by atoms with Crippen molar-refractivity contribution < 1.29 is 13.5 Å². The van der Waals surface area contributed by atoms with E-state index in [0.29, 0.717) is 22.7 Å². The Morgan fingerprint density at radius 2 is 2.15 bits per heavy atom. The molecule has 2 rings (SSSR count). The van der Waals surface area contributed by atoms with Gasteiger partial charge in [0.25, 0.3) is 0 Å². The van der Waals surface area contributed by atoms with Gasteiger partial charge in [-0.2, -0.15) is 4.31 Å². The summed E-state index contributed by atoms with van der Waals surface area (Å²) in [6.07, 6.45) is 2.61. The Bertz CT molecular complexity index is 601. The van der Waals surface area contributed by atoms with Crippen LogP contribution < -0.4 is 0 Å². The first kappa shape index (κ1) is 15.8. The second kappa shape index (κ2) is 6.02. The van der Waals surface area contributed by atoms with E-state index in [1.165, 1.54) is 6.07 Å². The second-order valence-electron chi connectivity index (χ2n) is 5.17. The van der Waals surface area contributed by atoms with Gasteiger partial charge in [0.15, 0.2) is 0 Å². The largest absolute Gasteiger partial charge is 0.392 e. The molecule has 1 aliphatic rings. The van der Waals surface area contributed by atoms with E-state index in [0.717, 1.165) is 19.3 Å². The Labute approximate surface area is 125 Å². The van der Waals surface area contributed by atoms with Crippen LogP contribution in [0.3, 0.4) is 0 Å². The molecule has 0 radical (unpaired) electrons. The van der Waals surface area contributed by atoms with Crippen molar-refractivity contribution in [3.05, 3.63) is 28.3 Å². The number of hydrogen-bond donors (Lipinski definition) is 1. The van der Waals surface area contributed by atoms with Crippen molar-refractivity contribution in [3.63, 3.8) is 0 Å². The maximum Gasteiger partial charge on any atom is 0.243 e. The number of sulfonamides is 1. The lowest BCUT2D eigenvalue weighted by Crippen LogP contribution is -2.35. The van der Waals surface area contributed by atoms with Crippen LogP contribution in [0.25, 0.3) is 0 Å². The van der Waals surface area contributed by atoms with Crippen molar-refractivity contribution >= 4 is 21.6 Å². The van der Waals surface area contributed by atoms with Crippen LogP contribution in [0.5, 0.6) is 0 Å². The van der Waals surface area contributed by atoms with Gasteiger partial charge in [-0.3, -0.25) is 0 Å². The molecular formula is C14H20ClNO3S. The van der Waals surface area contributed by atoms with Crippen molar-refractivity contribution in [1.29, 1.82) is 0 Å². The van der Waals surface area contributed by atoms with Crippen LogP contribution in [0.2, 0.25) is 5.02 Å². The predicted octanol–water partition coefficient (Wildman–Crippen LogP) is 2.70. The van der Waals surface area contributed by atoms with Gasteiger partial charge in [0.2, 0.25) is 10.0 Å². The fourth-order valence-corrected chi connectivity index (χ4v) is 5.17. The number of hydrogen-bond acceptors (Lipinski definition) is 3. The van der Waals surface area contributed by atoms with Crippen molar-refractivity contribution in [3.8, 4) is 0 Å². The van der Waals surface area contributed by atoms with E-state index in [1.807, 2.05) is 6.92 Å². The fourth-order valence-electron chi connectivity index (χ4n) is 2.80. The Morgan fingerprint density at radius 3 is 2.75 bits per heavy atom. The minimum absolute atomic E-state index is 0.0657. The van der Waals surface area contributed by atoms with E-state index in [9.17, 15) is 13.5 Å². The zero-order valence-electron chi connectivity index (χ0n) is 11.8. The van der Waals surface area contributed by atoms with Gasteiger partial charge in [0.1, 0.15) is 0 Å². The van der Waals surface area contributed by atoms with Gasteiger partial charge in [-0.15, -0.1) is 0 Å². The first-order chi connectivity index (χ1) is 9.41. The third-order valence-corrected chi connectivity index (χ3v) is 6.28. The van der Waals surface area contributed by atoms with E-state index in [4.69, 9.17) is 11.6 Å². The average Bonchev–Trinajstić information content (AvgIpc) is 2.89. The molecule has 112 valence electrons. The third kappa shape index (κ3) is 2.72. The first-order valence-corrected chi connectivity index (χ1v) is 8.65. The predicted molar refractivity (Wildman–Crippen MR) is 79.3 cm³/mol.